The second-order valence-electron chi connectivity index (χ2n) is 5.67. The topological polar surface area (TPSA) is 140 Å². The molecule has 2 amide bonds. The molecule has 0 unspecified atom stereocenters. The number of ether oxygens (including phenoxy) is 2. The molecule has 0 spiro atoms. The fourth-order valence-electron chi connectivity index (χ4n) is 2.39. The average molecular weight is 431 g/mol. The lowest BCUT2D eigenvalue weighted by Crippen LogP contribution is -2.50. The van der Waals surface area contributed by atoms with E-state index in [1.807, 2.05) is 0 Å². The van der Waals surface area contributed by atoms with Gasteiger partial charge in [0.25, 0.3) is 0 Å². The zero-order valence-electron chi connectivity index (χ0n) is 15.3. The monoisotopic (exact) mass is 431 g/mol. The summed E-state index contributed by atoms with van der Waals surface area (Å²) >= 11 is 1.06. The van der Waals surface area contributed by atoms with Gasteiger partial charge in [0.05, 0.1) is 30.3 Å². The number of thiophene rings is 1. The summed E-state index contributed by atoms with van der Waals surface area (Å²) in [4.78, 5) is 35.6. The first-order valence-electron chi connectivity index (χ1n) is 8.41. The van der Waals surface area contributed by atoms with Gasteiger partial charge < -0.3 is 20.1 Å². The van der Waals surface area contributed by atoms with Crippen molar-refractivity contribution in [1.82, 2.24) is 15.4 Å². The lowest BCUT2D eigenvalue weighted by atomic mass is 10.0. The number of amides is 2. The van der Waals surface area contributed by atoms with Crippen LogP contribution in [0.15, 0.2) is 33.0 Å². The molecule has 0 saturated carbocycles. The smallest absolute Gasteiger partial charge is 0.338 e. The maximum Gasteiger partial charge on any atom is 0.338 e. The molecule has 1 aliphatic rings. The number of rotatable bonds is 9. The molecule has 28 heavy (non-hydrogen) atoms. The van der Waals surface area contributed by atoms with Gasteiger partial charge in [-0.05, 0) is 25.3 Å². The van der Waals surface area contributed by atoms with Gasteiger partial charge in [-0.3, -0.25) is 4.79 Å². The van der Waals surface area contributed by atoms with Gasteiger partial charge in [0.15, 0.2) is 0 Å². The Labute approximate surface area is 166 Å². The van der Waals surface area contributed by atoms with Crippen LogP contribution in [0.1, 0.15) is 20.3 Å². The summed E-state index contributed by atoms with van der Waals surface area (Å²) in [5.74, 6) is -1.32. The maximum absolute atomic E-state index is 12.1. The van der Waals surface area contributed by atoms with Crippen molar-refractivity contribution < 1.29 is 32.3 Å². The van der Waals surface area contributed by atoms with Crippen LogP contribution in [0.4, 0.5) is 4.79 Å². The Morgan fingerprint density at radius 3 is 2.71 bits per heavy atom. The molecule has 0 aliphatic carbocycles. The van der Waals surface area contributed by atoms with E-state index in [-0.39, 0.29) is 41.7 Å². The first-order chi connectivity index (χ1) is 13.2. The molecule has 0 saturated heterocycles. The number of esters is 2. The maximum atomic E-state index is 12.1. The molecule has 3 N–H and O–H groups in total. The van der Waals surface area contributed by atoms with Gasteiger partial charge >= 0.3 is 18.0 Å². The second-order valence-corrected chi connectivity index (χ2v) is 8.61. The molecule has 1 aromatic rings. The molecule has 154 valence electrons. The van der Waals surface area contributed by atoms with Crippen molar-refractivity contribution in [2.75, 3.05) is 19.8 Å². The van der Waals surface area contributed by atoms with Gasteiger partial charge in [0, 0.05) is 6.54 Å². The number of urea groups is 1. The highest BCUT2D eigenvalue weighted by Gasteiger charge is 2.30. The van der Waals surface area contributed by atoms with Crippen LogP contribution < -0.4 is 15.4 Å². The van der Waals surface area contributed by atoms with Crippen LogP contribution in [-0.2, 0) is 29.1 Å². The van der Waals surface area contributed by atoms with E-state index >= 15 is 0 Å². The van der Waals surface area contributed by atoms with Crippen LogP contribution in [-0.4, -0.2) is 52.2 Å². The molecule has 10 nitrogen and oxygen atoms in total. The van der Waals surface area contributed by atoms with Crippen molar-refractivity contribution in [2.45, 2.75) is 30.5 Å². The van der Waals surface area contributed by atoms with Gasteiger partial charge in [-0.25, -0.2) is 22.7 Å². The van der Waals surface area contributed by atoms with Crippen LogP contribution in [0, 0.1) is 0 Å². The summed E-state index contributed by atoms with van der Waals surface area (Å²) in [5.41, 5.74) is 0.287. The molecular weight excluding hydrogens is 410 g/mol. The van der Waals surface area contributed by atoms with E-state index in [1.54, 1.807) is 25.3 Å². The van der Waals surface area contributed by atoms with Crippen molar-refractivity contribution in [3.8, 4) is 0 Å². The van der Waals surface area contributed by atoms with E-state index in [1.165, 1.54) is 6.07 Å². The van der Waals surface area contributed by atoms with E-state index in [0.29, 0.717) is 0 Å². The Kier molecular flexibility index (Phi) is 7.54. The Morgan fingerprint density at radius 1 is 1.32 bits per heavy atom. The minimum absolute atomic E-state index is 0.127. The van der Waals surface area contributed by atoms with Crippen LogP contribution in [0.5, 0.6) is 0 Å². The number of carbonyl (C=O) groups is 3. The van der Waals surface area contributed by atoms with E-state index in [2.05, 4.69) is 15.4 Å². The van der Waals surface area contributed by atoms with Crippen molar-refractivity contribution in [2.24, 2.45) is 0 Å². The molecule has 0 fully saturated rings. The van der Waals surface area contributed by atoms with Crippen molar-refractivity contribution in [3.05, 3.63) is 28.8 Å². The minimum Gasteiger partial charge on any atom is -0.463 e. The minimum atomic E-state index is -3.66. The van der Waals surface area contributed by atoms with E-state index in [4.69, 9.17) is 9.47 Å². The van der Waals surface area contributed by atoms with E-state index < -0.39 is 34.0 Å². The summed E-state index contributed by atoms with van der Waals surface area (Å²) in [6.07, 6.45) is -0.214. The molecule has 2 rings (SSSR count). The van der Waals surface area contributed by atoms with Gasteiger partial charge in [-0.15, -0.1) is 11.3 Å². The summed E-state index contributed by atoms with van der Waals surface area (Å²) < 4.78 is 36.4. The van der Waals surface area contributed by atoms with Gasteiger partial charge in [0.1, 0.15) is 10.8 Å². The summed E-state index contributed by atoms with van der Waals surface area (Å²) in [6.45, 7) is 2.91. The Morgan fingerprint density at radius 2 is 2.07 bits per heavy atom. The lowest BCUT2D eigenvalue weighted by molar-refractivity contribution is -0.143. The number of sulfonamides is 1. The highest BCUT2D eigenvalue weighted by molar-refractivity contribution is 7.91. The Balaban J connectivity index is 1.91. The zero-order valence-corrected chi connectivity index (χ0v) is 16.9. The first-order valence-corrected chi connectivity index (χ1v) is 10.8. The summed E-state index contributed by atoms with van der Waals surface area (Å²) in [6, 6.07) is 1.92. The fraction of sp³-hybridized carbons (Fsp3) is 0.438. The molecule has 0 radical (unpaired) electrons. The molecule has 2 heterocycles. The van der Waals surface area contributed by atoms with Crippen molar-refractivity contribution in [3.63, 3.8) is 0 Å². The number of hydrogen-bond donors (Lipinski definition) is 3. The molecule has 0 bridgehead atoms. The van der Waals surface area contributed by atoms with E-state index in [0.717, 1.165) is 11.3 Å². The summed E-state index contributed by atoms with van der Waals surface area (Å²) in [5, 5.41) is 6.59. The average Bonchev–Trinajstić information content (AvgIpc) is 3.15. The van der Waals surface area contributed by atoms with Crippen LogP contribution in [0.3, 0.4) is 0 Å². The van der Waals surface area contributed by atoms with Gasteiger partial charge in [-0.2, -0.15) is 0 Å². The van der Waals surface area contributed by atoms with E-state index in [9.17, 15) is 22.8 Å². The second kappa shape index (κ2) is 9.66. The van der Waals surface area contributed by atoms with Crippen LogP contribution in [0.25, 0.3) is 0 Å². The quantitative estimate of drug-likeness (QED) is 0.483. The third-order valence-electron chi connectivity index (χ3n) is 3.62. The highest BCUT2D eigenvalue weighted by Crippen LogP contribution is 2.16. The largest absolute Gasteiger partial charge is 0.463 e. The lowest BCUT2D eigenvalue weighted by Gasteiger charge is -2.26. The number of hydrogen-bond acceptors (Lipinski definition) is 8. The van der Waals surface area contributed by atoms with Crippen LogP contribution >= 0.6 is 11.3 Å². The Bertz CT molecular complexity index is 863. The SMILES string of the molecule is CCOC(=O)C1=C(COC(=O)CCNS(=O)(=O)c2cccs2)NC(=O)N[C@H]1C. The predicted octanol–water partition coefficient (Wildman–Crippen LogP) is 0.478. The first kappa shape index (κ1) is 21.9. The summed E-state index contributed by atoms with van der Waals surface area (Å²) in [7, 11) is -3.66. The molecule has 1 atom stereocenters. The number of carbonyl (C=O) groups excluding carboxylic acids is 3. The highest BCUT2D eigenvalue weighted by atomic mass is 32.2. The molecule has 1 aromatic heterocycles. The molecule has 12 heteroatoms. The standard InChI is InChI=1S/C16H21N3O7S2/c1-3-25-15(21)14-10(2)18-16(22)19-11(14)9-26-12(20)6-7-17-28(23,24)13-5-4-8-27-13/h4-5,8,10,17H,3,6-7,9H2,1-2H3,(H2,18,19,22)/t10-/m0/s1. The van der Waals surface area contributed by atoms with Crippen LogP contribution in [0.2, 0.25) is 0 Å². The van der Waals surface area contributed by atoms with Gasteiger partial charge in [-0.1, -0.05) is 6.07 Å². The predicted molar refractivity (Wildman–Crippen MR) is 99.9 cm³/mol. The fourth-order valence-corrected chi connectivity index (χ4v) is 4.46. The molecule has 1 aliphatic heterocycles. The van der Waals surface area contributed by atoms with Crippen molar-refractivity contribution >= 4 is 39.3 Å². The normalized spacial score (nSPS) is 16.9. The number of nitrogens with one attached hydrogen (secondary N) is 3. The zero-order chi connectivity index (χ0) is 20.7. The Hall–Kier alpha value is -2.44. The third-order valence-corrected chi connectivity index (χ3v) is 6.48. The third kappa shape index (κ3) is 5.78. The molecule has 0 aromatic carbocycles. The molecular formula is C16H21N3O7S2. The van der Waals surface area contributed by atoms with Gasteiger partial charge in [0.2, 0.25) is 10.0 Å². The van der Waals surface area contributed by atoms with Crippen molar-refractivity contribution in [1.29, 1.82) is 0 Å².